The molecule has 41 heavy (non-hydrogen) atoms. The molecule has 0 aliphatic carbocycles. The average Bonchev–Trinajstić information content (AvgIpc) is 2.99. The van der Waals surface area contributed by atoms with Gasteiger partial charge in [0, 0.05) is 45.0 Å². The maximum absolute atomic E-state index is 13.2. The molecule has 0 bridgehead atoms. The first-order chi connectivity index (χ1) is 19.9. The van der Waals surface area contributed by atoms with Crippen molar-refractivity contribution in [3.05, 3.63) is 90.1 Å². The third-order valence-corrected chi connectivity index (χ3v) is 6.33. The monoisotopic (exact) mass is 561 g/mol. The molecule has 3 rings (SSSR count). The summed E-state index contributed by atoms with van der Waals surface area (Å²) in [4.78, 5) is 44.4. The maximum atomic E-state index is 13.2. The fourth-order valence-electron chi connectivity index (χ4n) is 4.10. The van der Waals surface area contributed by atoms with E-state index in [1.54, 1.807) is 24.4 Å². The van der Waals surface area contributed by atoms with E-state index in [9.17, 15) is 14.4 Å². The number of hydrogen-bond donors (Lipinski definition) is 5. The van der Waals surface area contributed by atoms with Crippen molar-refractivity contribution in [3.8, 4) is 11.6 Å². The zero-order chi connectivity index (χ0) is 29.5. The molecule has 0 saturated heterocycles. The third kappa shape index (κ3) is 10.6. The molecule has 1 heterocycles. The van der Waals surface area contributed by atoms with E-state index >= 15 is 0 Å². The smallest absolute Gasteiger partial charge is 0.242 e. The Morgan fingerprint density at radius 1 is 0.854 bits per heavy atom. The number of amides is 3. The molecule has 11 heteroatoms. The zero-order valence-corrected chi connectivity index (χ0v) is 23.1. The number of hydrogen-bond acceptors (Lipinski definition) is 8. The fraction of sp³-hybridized carbons (Fsp3) is 0.333. The molecule has 0 aliphatic heterocycles. The van der Waals surface area contributed by atoms with Crippen LogP contribution < -0.4 is 32.6 Å². The minimum Gasteiger partial charge on any atom is -0.439 e. The van der Waals surface area contributed by atoms with Crippen molar-refractivity contribution in [2.45, 2.75) is 37.9 Å². The van der Waals surface area contributed by atoms with Crippen LogP contribution in [0.25, 0.3) is 0 Å². The normalized spacial score (nSPS) is 12.2. The van der Waals surface area contributed by atoms with E-state index in [0.29, 0.717) is 37.6 Å². The van der Waals surface area contributed by atoms with Gasteiger partial charge in [-0.25, -0.2) is 4.98 Å². The Morgan fingerprint density at radius 3 is 2.17 bits per heavy atom. The van der Waals surface area contributed by atoms with Crippen LogP contribution in [0.15, 0.2) is 79.0 Å². The Hall–Kier alpha value is -4.32. The van der Waals surface area contributed by atoms with Gasteiger partial charge in [-0.05, 0) is 42.2 Å². The summed E-state index contributed by atoms with van der Waals surface area (Å²) >= 11 is 0. The highest BCUT2D eigenvalue weighted by Gasteiger charge is 2.26. The van der Waals surface area contributed by atoms with Gasteiger partial charge in [0.2, 0.25) is 23.6 Å². The van der Waals surface area contributed by atoms with Crippen LogP contribution in [0.1, 0.15) is 24.0 Å². The van der Waals surface area contributed by atoms with Crippen LogP contribution in [0.5, 0.6) is 11.6 Å². The highest BCUT2D eigenvalue weighted by Crippen LogP contribution is 2.19. The van der Waals surface area contributed by atoms with Crippen molar-refractivity contribution in [3.63, 3.8) is 0 Å². The second-order valence-corrected chi connectivity index (χ2v) is 9.49. The number of ether oxygens (including phenoxy) is 1. The van der Waals surface area contributed by atoms with Crippen molar-refractivity contribution >= 4 is 17.7 Å². The van der Waals surface area contributed by atoms with Gasteiger partial charge in [0.25, 0.3) is 0 Å². The highest BCUT2D eigenvalue weighted by atomic mass is 16.5. The van der Waals surface area contributed by atoms with Gasteiger partial charge in [-0.15, -0.1) is 0 Å². The minimum absolute atomic E-state index is 0.216. The highest BCUT2D eigenvalue weighted by molar-refractivity contribution is 5.92. The maximum Gasteiger partial charge on any atom is 0.242 e. The molecule has 8 N–H and O–H groups in total. The van der Waals surface area contributed by atoms with Crippen LogP contribution in [-0.4, -0.2) is 65.9 Å². The van der Waals surface area contributed by atoms with E-state index in [-0.39, 0.29) is 37.9 Å². The van der Waals surface area contributed by atoms with Gasteiger partial charge in [-0.3, -0.25) is 14.4 Å². The number of nitrogens with two attached hydrogens (primary N) is 3. The lowest BCUT2D eigenvalue weighted by Crippen LogP contribution is -2.53. The molecule has 1 aromatic heterocycles. The van der Waals surface area contributed by atoms with Gasteiger partial charge >= 0.3 is 0 Å². The number of aromatic nitrogens is 1. The molecule has 0 spiro atoms. The van der Waals surface area contributed by atoms with Crippen LogP contribution >= 0.6 is 0 Å². The third-order valence-electron chi connectivity index (χ3n) is 6.33. The number of aryl methyl sites for hydroxylation is 1. The first-order valence-electron chi connectivity index (χ1n) is 13.6. The van der Waals surface area contributed by atoms with E-state index in [1.165, 1.54) is 4.90 Å². The second kappa shape index (κ2) is 16.7. The van der Waals surface area contributed by atoms with Gasteiger partial charge in [0.1, 0.15) is 11.8 Å². The van der Waals surface area contributed by atoms with Gasteiger partial charge in [-0.2, -0.15) is 0 Å². The van der Waals surface area contributed by atoms with Crippen molar-refractivity contribution in [2.24, 2.45) is 17.2 Å². The molecule has 0 radical (unpaired) electrons. The van der Waals surface area contributed by atoms with E-state index in [0.717, 1.165) is 11.1 Å². The Balaban J connectivity index is 1.60. The standard InChI is InChI=1S/C30H39N7O4/c31-15-18-37(19-16-32)28(38)20-25(33)29(39)36-26(14-11-22-6-2-1-3-7-22)30(40)35-21-23-9-12-24(13-10-23)41-27-8-4-5-17-34-27/h1-10,12-13,17,25-26H,11,14-16,18-21,31-33H2,(H,35,40)(H,36,39)/t25-,26-/m0/s1. The lowest BCUT2D eigenvalue weighted by atomic mass is 10.0. The van der Waals surface area contributed by atoms with Gasteiger partial charge < -0.3 is 37.5 Å². The summed E-state index contributed by atoms with van der Waals surface area (Å²) in [6.07, 6.45) is 2.35. The Morgan fingerprint density at radius 2 is 1.54 bits per heavy atom. The van der Waals surface area contributed by atoms with E-state index < -0.39 is 18.0 Å². The first kappa shape index (κ1) is 31.2. The van der Waals surface area contributed by atoms with Crippen molar-refractivity contribution < 1.29 is 19.1 Å². The quantitative estimate of drug-likeness (QED) is 0.172. The Bertz CT molecular complexity index is 1220. The van der Waals surface area contributed by atoms with E-state index in [4.69, 9.17) is 21.9 Å². The summed E-state index contributed by atoms with van der Waals surface area (Å²) in [5, 5.41) is 5.64. The number of nitrogens with one attached hydrogen (secondary N) is 2. The molecule has 0 saturated carbocycles. The number of pyridine rings is 1. The molecule has 218 valence electrons. The molecule has 2 atom stereocenters. The van der Waals surface area contributed by atoms with Crippen LogP contribution in [0.2, 0.25) is 0 Å². The Kier molecular flexibility index (Phi) is 12.7. The number of carbonyl (C=O) groups excluding carboxylic acids is 3. The molecule has 2 aromatic carbocycles. The van der Waals surface area contributed by atoms with Crippen molar-refractivity contribution in [2.75, 3.05) is 26.2 Å². The molecule has 0 fully saturated rings. The molecule has 3 aromatic rings. The van der Waals surface area contributed by atoms with Crippen LogP contribution in [0, 0.1) is 0 Å². The van der Waals surface area contributed by atoms with E-state index in [2.05, 4.69) is 15.6 Å². The van der Waals surface area contributed by atoms with Crippen LogP contribution in [0.3, 0.4) is 0 Å². The number of rotatable bonds is 16. The van der Waals surface area contributed by atoms with Crippen molar-refractivity contribution in [1.82, 2.24) is 20.5 Å². The summed E-state index contributed by atoms with van der Waals surface area (Å²) in [6, 6.07) is 20.4. The molecule has 11 nitrogen and oxygen atoms in total. The summed E-state index contributed by atoms with van der Waals surface area (Å²) in [5.41, 5.74) is 19.1. The van der Waals surface area contributed by atoms with Gasteiger partial charge in [-0.1, -0.05) is 48.5 Å². The number of carbonyl (C=O) groups is 3. The molecule has 3 amide bonds. The second-order valence-electron chi connectivity index (χ2n) is 9.49. The van der Waals surface area contributed by atoms with Crippen LogP contribution in [-0.2, 0) is 27.3 Å². The summed E-state index contributed by atoms with van der Waals surface area (Å²) in [6.45, 7) is 1.44. The lowest BCUT2D eigenvalue weighted by Gasteiger charge is -2.24. The average molecular weight is 562 g/mol. The SMILES string of the molecule is NCCN(CCN)C(=O)C[C@H](N)C(=O)N[C@@H](CCc1ccccc1)C(=O)NCc1ccc(Oc2ccccn2)cc1. The number of nitrogens with zero attached hydrogens (tertiary/aromatic N) is 2. The predicted octanol–water partition coefficient (Wildman–Crippen LogP) is 1.07. The summed E-state index contributed by atoms with van der Waals surface area (Å²) in [5.74, 6) is -0.148. The van der Waals surface area contributed by atoms with Crippen LogP contribution in [0.4, 0.5) is 0 Å². The summed E-state index contributed by atoms with van der Waals surface area (Å²) in [7, 11) is 0. The molecule has 0 unspecified atom stereocenters. The molecular formula is C30H39N7O4. The Labute approximate surface area is 240 Å². The number of benzene rings is 2. The summed E-state index contributed by atoms with van der Waals surface area (Å²) < 4.78 is 5.71. The largest absolute Gasteiger partial charge is 0.439 e. The topological polar surface area (TPSA) is 179 Å². The molecule has 0 aliphatic rings. The fourth-order valence-corrected chi connectivity index (χ4v) is 4.10. The van der Waals surface area contributed by atoms with Crippen molar-refractivity contribution in [1.29, 1.82) is 0 Å². The van der Waals surface area contributed by atoms with Gasteiger partial charge in [0.05, 0.1) is 12.5 Å². The zero-order valence-electron chi connectivity index (χ0n) is 23.1. The van der Waals surface area contributed by atoms with E-state index in [1.807, 2.05) is 54.6 Å². The first-order valence-corrected chi connectivity index (χ1v) is 13.6. The molecular weight excluding hydrogens is 522 g/mol. The lowest BCUT2D eigenvalue weighted by molar-refractivity contribution is -0.135. The predicted molar refractivity (Wildman–Crippen MR) is 157 cm³/mol. The minimum atomic E-state index is -1.13. The van der Waals surface area contributed by atoms with Gasteiger partial charge in [0.15, 0.2) is 0 Å².